The smallest absolute Gasteiger partial charge is 0.306 e. The highest BCUT2D eigenvalue weighted by Crippen LogP contribution is 2.28. The van der Waals surface area contributed by atoms with Crippen molar-refractivity contribution in [2.75, 3.05) is 13.1 Å². The third-order valence-corrected chi connectivity index (χ3v) is 6.55. The van der Waals surface area contributed by atoms with Gasteiger partial charge in [-0.05, 0) is 92.8 Å². The zero-order valence-electron chi connectivity index (χ0n) is 21.3. The molecular formula is C30H32N2O6. The molecule has 3 N–H and O–H groups in total. The van der Waals surface area contributed by atoms with Gasteiger partial charge in [-0.2, -0.15) is 0 Å². The van der Waals surface area contributed by atoms with Crippen molar-refractivity contribution < 1.29 is 29.0 Å². The van der Waals surface area contributed by atoms with Crippen LogP contribution in [0.15, 0.2) is 72.8 Å². The van der Waals surface area contributed by atoms with Crippen LogP contribution in [0.25, 0.3) is 0 Å². The average molecular weight is 517 g/mol. The standard InChI is InChI=1S/C30H32N2O6/c1-20-19-23(11-16-27(20)38-24-5-3-2-4-6-24)29(34)32-18-17-31-28(33)21-7-12-25(13-8-21)37-26-14-9-22(10-15-26)30(35)36/h2-8,11-13,16,19,22,26H,9-10,14-15,17-18H2,1H3,(H,31,33)(H,32,34)(H,35,36). The molecule has 1 fully saturated rings. The monoisotopic (exact) mass is 516 g/mol. The Bertz CT molecular complexity index is 1250. The molecule has 3 aromatic carbocycles. The molecule has 198 valence electrons. The first-order valence-corrected chi connectivity index (χ1v) is 12.8. The molecule has 0 bridgehead atoms. The number of carbonyl (C=O) groups is 3. The molecule has 0 saturated heterocycles. The number of carboxylic acids is 1. The molecule has 0 spiro atoms. The summed E-state index contributed by atoms with van der Waals surface area (Å²) in [4.78, 5) is 36.1. The Labute approximate surface area is 222 Å². The molecular weight excluding hydrogens is 484 g/mol. The minimum absolute atomic E-state index is 0.00901. The Morgan fingerprint density at radius 3 is 2.00 bits per heavy atom. The average Bonchev–Trinajstić information content (AvgIpc) is 2.93. The van der Waals surface area contributed by atoms with E-state index in [2.05, 4.69) is 10.6 Å². The van der Waals surface area contributed by atoms with Crippen LogP contribution in [0, 0.1) is 12.8 Å². The molecule has 0 atom stereocenters. The van der Waals surface area contributed by atoms with E-state index in [4.69, 9.17) is 14.6 Å². The number of carbonyl (C=O) groups excluding carboxylic acids is 2. The molecule has 2 amide bonds. The Kier molecular flexibility index (Phi) is 8.98. The number of para-hydroxylation sites is 1. The van der Waals surface area contributed by atoms with Gasteiger partial charge in [0, 0.05) is 24.2 Å². The number of benzene rings is 3. The summed E-state index contributed by atoms with van der Waals surface area (Å²) >= 11 is 0. The quantitative estimate of drug-likeness (QED) is 0.328. The van der Waals surface area contributed by atoms with Gasteiger partial charge < -0.3 is 25.2 Å². The fraction of sp³-hybridized carbons (Fsp3) is 0.300. The van der Waals surface area contributed by atoms with Gasteiger partial charge in [0.2, 0.25) is 0 Å². The molecule has 1 saturated carbocycles. The van der Waals surface area contributed by atoms with Crippen LogP contribution in [-0.2, 0) is 4.79 Å². The third kappa shape index (κ3) is 7.35. The maximum absolute atomic E-state index is 12.5. The molecule has 1 aliphatic carbocycles. The molecule has 0 heterocycles. The van der Waals surface area contributed by atoms with E-state index in [1.807, 2.05) is 37.3 Å². The van der Waals surface area contributed by atoms with E-state index in [0.717, 1.165) is 11.3 Å². The van der Waals surface area contributed by atoms with Gasteiger partial charge in [0.1, 0.15) is 17.2 Å². The highest BCUT2D eigenvalue weighted by atomic mass is 16.5. The summed E-state index contributed by atoms with van der Waals surface area (Å²) in [5.41, 5.74) is 1.85. The van der Waals surface area contributed by atoms with Gasteiger partial charge in [-0.15, -0.1) is 0 Å². The van der Waals surface area contributed by atoms with Crippen LogP contribution in [0.2, 0.25) is 0 Å². The number of nitrogens with one attached hydrogen (secondary N) is 2. The van der Waals surface area contributed by atoms with Gasteiger partial charge in [0.15, 0.2) is 0 Å². The van der Waals surface area contributed by atoms with Crippen LogP contribution in [0.3, 0.4) is 0 Å². The lowest BCUT2D eigenvalue weighted by molar-refractivity contribution is -0.143. The summed E-state index contributed by atoms with van der Waals surface area (Å²) in [7, 11) is 0. The summed E-state index contributed by atoms with van der Waals surface area (Å²) in [5, 5.41) is 14.7. The second kappa shape index (κ2) is 12.8. The number of aryl methyl sites for hydroxylation is 1. The maximum Gasteiger partial charge on any atom is 0.306 e. The van der Waals surface area contributed by atoms with E-state index in [1.54, 1.807) is 42.5 Å². The van der Waals surface area contributed by atoms with Crippen molar-refractivity contribution in [1.29, 1.82) is 0 Å². The van der Waals surface area contributed by atoms with Crippen LogP contribution >= 0.6 is 0 Å². The van der Waals surface area contributed by atoms with E-state index in [0.29, 0.717) is 48.3 Å². The van der Waals surface area contributed by atoms with Gasteiger partial charge >= 0.3 is 5.97 Å². The molecule has 8 nitrogen and oxygen atoms in total. The van der Waals surface area contributed by atoms with Crippen LogP contribution in [0.1, 0.15) is 52.0 Å². The maximum atomic E-state index is 12.5. The lowest BCUT2D eigenvalue weighted by Crippen LogP contribution is -2.34. The minimum Gasteiger partial charge on any atom is -0.490 e. The fourth-order valence-electron chi connectivity index (χ4n) is 4.38. The molecule has 0 radical (unpaired) electrons. The van der Waals surface area contributed by atoms with E-state index < -0.39 is 5.97 Å². The summed E-state index contributed by atoms with van der Waals surface area (Å²) in [6.45, 7) is 2.45. The van der Waals surface area contributed by atoms with Crippen molar-refractivity contribution in [3.8, 4) is 17.2 Å². The van der Waals surface area contributed by atoms with Crippen LogP contribution < -0.4 is 20.1 Å². The number of rotatable bonds is 10. The number of aliphatic carboxylic acids is 1. The highest BCUT2D eigenvalue weighted by molar-refractivity contribution is 5.95. The molecule has 0 unspecified atom stereocenters. The molecule has 38 heavy (non-hydrogen) atoms. The van der Waals surface area contributed by atoms with Gasteiger partial charge in [-0.1, -0.05) is 18.2 Å². The van der Waals surface area contributed by atoms with Crippen molar-refractivity contribution in [2.24, 2.45) is 5.92 Å². The van der Waals surface area contributed by atoms with E-state index >= 15 is 0 Å². The number of hydrogen-bond acceptors (Lipinski definition) is 5. The Morgan fingerprint density at radius 2 is 1.39 bits per heavy atom. The molecule has 3 aromatic rings. The summed E-state index contributed by atoms with van der Waals surface area (Å²) in [6.07, 6.45) is 2.63. The van der Waals surface area contributed by atoms with Gasteiger partial charge in [0.25, 0.3) is 11.8 Å². The molecule has 0 aliphatic heterocycles. The predicted molar refractivity (Wildman–Crippen MR) is 143 cm³/mol. The first-order valence-electron chi connectivity index (χ1n) is 12.8. The number of amides is 2. The predicted octanol–water partition coefficient (Wildman–Crippen LogP) is 4.97. The molecule has 1 aliphatic rings. The van der Waals surface area contributed by atoms with Crippen molar-refractivity contribution >= 4 is 17.8 Å². The van der Waals surface area contributed by atoms with Crippen LogP contribution in [-0.4, -0.2) is 42.1 Å². The largest absolute Gasteiger partial charge is 0.490 e. The Morgan fingerprint density at radius 1 is 0.789 bits per heavy atom. The first-order chi connectivity index (χ1) is 18.4. The third-order valence-electron chi connectivity index (χ3n) is 6.55. The Balaban J connectivity index is 1.18. The van der Waals surface area contributed by atoms with Crippen LogP contribution in [0.4, 0.5) is 0 Å². The van der Waals surface area contributed by atoms with Crippen molar-refractivity contribution in [3.63, 3.8) is 0 Å². The topological polar surface area (TPSA) is 114 Å². The Hall–Kier alpha value is -4.33. The van der Waals surface area contributed by atoms with Gasteiger partial charge in [-0.25, -0.2) is 0 Å². The zero-order valence-corrected chi connectivity index (χ0v) is 21.3. The van der Waals surface area contributed by atoms with Crippen LogP contribution in [0.5, 0.6) is 17.2 Å². The number of carboxylic acid groups (broad SMARTS) is 1. The van der Waals surface area contributed by atoms with Gasteiger partial charge in [0.05, 0.1) is 12.0 Å². The molecule has 0 aromatic heterocycles. The first kappa shape index (κ1) is 26.7. The minimum atomic E-state index is -0.739. The second-order valence-electron chi connectivity index (χ2n) is 9.36. The lowest BCUT2D eigenvalue weighted by Gasteiger charge is -2.26. The number of ether oxygens (including phenoxy) is 2. The van der Waals surface area contributed by atoms with Gasteiger partial charge in [-0.3, -0.25) is 14.4 Å². The zero-order chi connectivity index (χ0) is 26.9. The second-order valence-corrected chi connectivity index (χ2v) is 9.36. The van der Waals surface area contributed by atoms with E-state index in [1.165, 1.54) is 0 Å². The van der Waals surface area contributed by atoms with Crippen molar-refractivity contribution in [3.05, 3.63) is 89.5 Å². The summed E-state index contributed by atoms with van der Waals surface area (Å²) in [5.74, 6) is 0.570. The fourth-order valence-corrected chi connectivity index (χ4v) is 4.38. The lowest BCUT2D eigenvalue weighted by atomic mass is 9.87. The summed E-state index contributed by atoms with van der Waals surface area (Å²) < 4.78 is 11.8. The SMILES string of the molecule is Cc1cc(C(=O)NCCNC(=O)c2ccc(OC3CCC(C(=O)O)CC3)cc2)ccc1Oc1ccccc1. The van der Waals surface area contributed by atoms with E-state index in [9.17, 15) is 14.4 Å². The van der Waals surface area contributed by atoms with Crippen molar-refractivity contribution in [1.82, 2.24) is 10.6 Å². The summed E-state index contributed by atoms with van der Waals surface area (Å²) in [6, 6.07) is 21.6. The van der Waals surface area contributed by atoms with E-state index in [-0.39, 0.29) is 36.9 Å². The van der Waals surface area contributed by atoms with Crippen molar-refractivity contribution in [2.45, 2.75) is 38.7 Å². The number of hydrogen-bond donors (Lipinski definition) is 3. The molecule has 4 rings (SSSR count). The molecule has 8 heteroatoms. The normalized spacial score (nSPS) is 16.8. The highest BCUT2D eigenvalue weighted by Gasteiger charge is 2.26.